The highest BCUT2D eigenvalue weighted by molar-refractivity contribution is 9.10. The largest absolute Gasteiger partial charge is 0.504 e. The van der Waals surface area contributed by atoms with Crippen molar-refractivity contribution in [3.63, 3.8) is 0 Å². The molecule has 0 saturated carbocycles. The highest BCUT2D eigenvalue weighted by Gasteiger charge is 2.10. The summed E-state index contributed by atoms with van der Waals surface area (Å²) >= 11 is 3.42. The van der Waals surface area contributed by atoms with Crippen molar-refractivity contribution in [2.24, 2.45) is 5.73 Å². The molecule has 1 aromatic carbocycles. The second kappa shape index (κ2) is 5.98. The smallest absolute Gasteiger partial charge is 0.162 e. The van der Waals surface area contributed by atoms with E-state index in [2.05, 4.69) is 15.9 Å². The van der Waals surface area contributed by atoms with Gasteiger partial charge in [0.1, 0.15) is 0 Å². The summed E-state index contributed by atoms with van der Waals surface area (Å²) in [6.45, 7) is 0.683. The number of unbranched alkanes of at least 4 members (excludes halogenated alkanes) is 1. The summed E-state index contributed by atoms with van der Waals surface area (Å²) < 4.78 is 5.97. The Kier molecular flexibility index (Phi) is 4.91. The molecule has 4 heteroatoms. The third-order valence-corrected chi connectivity index (χ3v) is 3.03. The zero-order valence-electron chi connectivity index (χ0n) is 8.79. The number of nitrogens with two attached hydrogens (primary N) is 1. The minimum Gasteiger partial charge on any atom is -0.504 e. The van der Waals surface area contributed by atoms with Gasteiger partial charge in [-0.15, -0.1) is 0 Å². The Bertz CT molecular complexity index is 329. The maximum absolute atomic E-state index is 9.88. The Balaban J connectivity index is 2.84. The lowest BCUT2D eigenvalue weighted by Crippen LogP contribution is -1.99. The van der Waals surface area contributed by atoms with Gasteiger partial charge in [0.25, 0.3) is 0 Å². The Hall–Kier alpha value is -0.740. The summed E-state index contributed by atoms with van der Waals surface area (Å²) in [4.78, 5) is 0. The molecule has 84 valence electrons. The Labute approximate surface area is 98.4 Å². The number of methoxy groups -OCH3 is 1. The summed E-state index contributed by atoms with van der Waals surface area (Å²) in [5, 5.41) is 9.88. The van der Waals surface area contributed by atoms with E-state index in [1.807, 2.05) is 6.07 Å². The van der Waals surface area contributed by atoms with Crippen LogP contribution in [0.25, 0.3) is 0 Å². The van der Waals surface area contributed by atoms with Gasteiger partial charge in [0, 0.05) is 10.0 Å². The number of hydrogen-bond acceptors (Lipinski definition) is 3. The van der Waals surface area contributed by atoms with Crippen molar-refractivity contribution >= 4 is 15.9 Å². The first-order chi connectivity index (χ1) is 7.20. The van der Waals surface area contributed by atoms with Gasteiger partial charge in [-0.05, 0) is 37.9 Å². The van der Waals surface area contributed by atoms with Crippen molar-refractivity contribution in [3.05, 3.63) is 22.2 Å². The molecule has 1 aromatic rings. The zero-order chi connectivity index (χ0) is 11.3. The van der Waals surface area contributed by atoms with Crippen LogP contribution in [0.15, 0.2) is 16.6 Å². The molecule has 0 radical (unpaired) electrons. The quantitative estimate of drug-likeness (QED) is 0.811. The van der Waals surface area contributed by atoms with E-state index >= 15 is 0 Å². The first kappa shape index (κ1) is 12.3. The molecule has 0 heterocycles. The van der Waals surface area contributed by atoms with Crippen molar-refractivity contribution in [2.45, 2.75) is 19.3 Å². The number of ether oxygens (including phenoxy) is 1. The molecule has 0 aliphatic carbocycles. The van der Waals surface area contributed by atoms with E-state index in [1.165, 1.54) is 0 Å². The molecule has 3 nitrogen and oxygen atoms in total. The SMILES string of the molecule is COc1ccc(Br)c(CCCCN)c1O. The van der Waals surface area contributed by atoms with Crippen LogP contribution in [-0.2, 0) is 6.42 Å². The van der Waals surface area contributed by atoms with E-state index in [4.69, 9.17) is 10.5 Å². The molecule has 0 bridgehead atoms. The Morgan fingerprint density at radius 1 is 1.40 bits per heavy atom. The summed E-state index contributed by atoms with van der Waals surface area (Å²) in [6.07, 6.45) is 2.74. The van der Waals surface area contributed by atoms with Gasteiger partial charge < -0.3 is 15.6 Å². The number of aromatic hydroxyl groups is 1. The van der Waals surface area contributed by atoms with E-state index in [1.54, 1.807) is 13.2 Å². The number of halogens is 1. The summed E-state index contributed by atoms with van der Waals surface area (Å²) in [5.74, 6) is 0.741. The van der Waals surface area contributed by atoms with Gasteiger partial charge in [-0.25, -0.2) is 0 Å². The number of phenols is 1. The first-order valence-corrected chi connectivity index (χ1v) is 5.74. The van der Waals surface area contributed by atoms with Gasteiger partial charge in [0.15, 0.2) is 11.5 Å². The lowest BCUT2D eigenvalue weighted by molar-refractivity contribution is 0.370. The number of rotatable bonds is 5. The molecule has 15 heavy (non-hydrogen) atoms. The van der Waals surface area contributed by atoms with E-state index in [0.29, 0.717) is 12.3 Å². The van der Waals surface area contributed by atoms with Crippen LogP contribution in [-0.4, -0.2) is 18.8 Å². The van der Waals surface area contributed by atoms with Crippen molar-refractivity contribution in [1.29, 1.82) is 0 Å². The molecule has 0 aliphatic heterocycles. The standard InChI is InChI=1S/C11H16BrNO2/c1-15-10-6-5-9(12)8(11(10)14)4-2-3-7-13/h5-6,14H,2-4,7,13H2,1H3. The Morgan fingerprint density at radius 3 is 2.73 bits per heavy atom. The van der Waals surface area contributed by atoms with Crippen LogP contribution in [0.4, 0.5) is 0 Å². The minimum atomic E-state index is 0.226. The second-order valence-electron chi connectivity index (χ2n) is 3.32. The molecule has 0 fully saturated rings. The lowest BCUT2D eigenvalue weighted by Gasteiger charge is -2.10. The summed E-state index contributed by atoms with van der Waals surface area (Å²) in [5.41, 5.74) is 6.32. The van der Waals surface area contributed by atoms with Crippen molar-refractivity contribution in [2.75, 3.05) is 13.7 Å². The van der Waals surface area contributed by atoms with Crippen LogP contribution in [0.2, 0.25) is 0 Å². The maximum atomic E-state index is 9.88. The van der Waals surface area contributed by atoms with Gasteiger partial charge in [-0.3, -0.25) is 0 Å². The summed E-state index contributed by atoms with van der Waals surface area (Å²) in [6, 6.07) is 3.63. The van der Waals surface area contributed by atoms with Crippen LogP contribution < -0.4 is 10.5 Å². The number of hydrogen-bond donors (Lipinski definition) is 2. The molecule has 0 saturated heterocycles. The van der Waals surface area contributed by atoms with Crippen LogP contribution >= 0.6 is 15.9 Å². The molecule has 0 atom stereocenters. The zero-order valence-corrected chi connectivity index (χ0v) is 10.4. The maximum Gasteiger partial charge on any atom is 0.162 e. The molecular weight excluding hydrogens is 258 g/mol. The molecular formula is C11H16BrNO2. The van der Waals surface area contributed by atoms with Crippen LogP contribution in [0.1, 0.15) is 18.4 Å². The fourth-order valence-electron chi connectivity index (χ4n) is 1.44. The van der Waals surface area contributed by atoms with E-state index in [-0.39, 0.29) is 5.75 Å². The highest BCUT2D eigenvalue weighted by Crippen LogP contribution is 2.35. The highest BCUT2D eigenvalue weighted by atomic mass is 79.9. The van der Waals surface area contributed by atoms with Gasteiger partial charge >= 0.3 is 0 Å². The third kappa shape index (κ3) is 3.11. The molecule has 0 unspecified atom stereocenters. The van der Waals surface area contributed by atoms with Crippen molar-refractivity contribution in [1.82, 2.24) is 0 Å². The Morgan fingerprint density at radius 2 is 2.13 bits per heavy atom. The topological polar surface area (TPSA) is 55.5 Å². The van der Waals surface area contributed by atoms with E-state index < -0.39 is 0 Å². The average Bonchev–Trinajstić information content (AvgIpc) is 2.23. The predicted molar refractivity (Wildman–Crippen MR) is 64.4 cm³/mol. The van der Waals surface area contributed by atoms with Crippen LogP contribution in [0.5, 0.6) is 11.5 Å². The predicted octanol–water partition coefficient (Wildman–Crippen LogP) is 2.44. The van der Waals surface area contributed by atoms with Crippen LogP contribution in [0, 0.1) is 0 Å². The van der Waals surface area contributed by atoms with Gasteiger partial charge in [0.05, 0.1) is 7.11 Å². The normalized spacial score (nSPS) is 10.3. The fourth-order valence-corrected chi connectivity index (χ4v) is 1.96. The second-order valence-corrected chi connectivity index (χ2v) is 4.18. The van der Waals surface area contributed by atoms with Crippen molar-refractivity contribution < 1.29 is 9.84 Å². The summed E-state index contributed by atoms with van der Waals surface area (Å²) in [7, 11) is 1.55. The first-order valence-electron chi connectivity index (χ1n) is 4.95. The van der Waals surface area contributed by atoms with Gasteiger partial charge in [-0.2, -0.15) is 0 Å². The monoisotopic (exact) mass is 273 g/mol. The van der Waals surface area contributed by atoms with E-state index in [9.17, 15) is 5.11 Å². The number of phenolic OH excluding ortho intramolecular Hbond substituents is 1. The molecule has 0 amide bonds. The molecule has 1 rings (SSSR count). The molecule has 3 N–H and O–H groups in total. The van der Waals surface area contributed by atoms with Crippen molar-refractivity contribution in [3.8, 4) is 11.5 Å². The average molecular weight is 274 g/mol. The molecule has 0 spiro atoms. The lowest BCUT2D eigenvalue weighted by atomic mass is 10.1. The van der Waals surface area contributed by atoms with E-state index in [0.717, 1.165) is 29.3 Å². The minimum absolute atomic E-state index is 0.226. The third-order valence-electron chi connectivity index (χ3n) is 2.29. The van der Waals surface area contributed by atoms with Gasteiger partial charge in [0.2, 0.25) is 0 Å². The number of benzene rings is 1. The van der Waals surface area contributed by atoms with Gasteiger partial charge in [-0.1, -0.05) is 15.9 Å². The fraction of sp³-hybridized carbons (Fsp3) is 0.455. The molecule has 0 aliphatic rings. The van der Waals surface area contributed by atoms with Crippen LogP contribution in [0.3, 0.4) is 0 Å². The molecule has 0 aromatic heterocycles.